The molecular formula is C20H22FN7O. The summed E-state index contributed by atoms with van der Waals surface area (Å²) >= 11 is 0. The summed E-state index contributed by atoms with van der Waals surface area (Å²) in [6.07, 6.45) is 7.59. The number of hydrogen-bond acceptors (Lipinski definition) is 6. The number of unbranched alkanes of at least 4 members (excludes halogenated alkanes) is 2. The van der Waals surface area contributed by atoms with Crippen LogP contribution in [0.25, 0.3) is 5.69 Å². The van der Waals surface area contributed by atoms with Crippen LogP contribution in [0.5, 0.6) is 0 Å². The Morgan fingerprint density at radius 1 is 1.21 bits per heavy atom. The summed E-state index contributed by atoms with van der Waals surface area (Å²) in [6, 6.07) is 3.83. The van der Waals surface area contributed by atoms with Gasteiger partial charge in [-0.1, -0.05) is 19.8 Å². The molecule has 0 saturated heterocycles. The summed E-state index contributed by atoms with van der Waals surface area (Å²) < 4.78 is 15.1. The highest BCUT2D eigenvalue weighted by Crippen LogP contribution is 2.29. The number of amides is 1. The largest absolute Gasteiger partial charge is 0.370 e. The van der Waals surface area contributed by atoms with Gasteiger partial charge in [0.2, 0.25) is 5.95 Å². The van der Waals surface area contributed by atoms with Crippen molar-refractivity contribution in [2.75, 3.05) is 16.8 Å². The second-order valence-electron chi connectivity index (χ2n) is 6.95. The van der Waals surface area contributed by atoms with Gasteiger partial charge in [-0.15, -0.1) is 0 Å². The van der Waals surface area contributed by atoms with Crippen LogP contribution in [-0.4, -0.2) is 37.2 Å². The van der Waals surface area contributed by atoms with Gasteiger partial charge in [-0.25, -0.2) is 9.67 Å². The average Bonchev–Trinajstić information content (AvgIpc) is 3.22. The van der Waals surface area contributed by atoms with Crippen LogP contribution < -0.4 is 10.2 Å². The van der Waals surface area contributed by atoms with E-state index in [1.165, 1.54) is 23.9 Å². The molecule has 4 heterocycles. The third kappa shape index (κ3) is 3.67. The van der Waals surface area contributed by atoms with Crippen molar-refractivity contribution >= 4 is 17.5 Å². The first-order valence-corrected chi connectivity index (χ1v) is 9.66. The minimum absolute atomic E-state index is 0.180. The first-order chi connectivity index (χ1) is 14.1. The molecule has 1 aliphatic heterocycles. The molecule has 0 radical (unpaired) electrons. The van der Waals surface area contributed by atoms with Gasteiger partial charge < -0.3 is 5.32 Å². The Bertz CT molecular complexity index is 1030. The molecular weight excluding hydrogens is 373 g/mol. The van der Waals surface area contributed by atoms with Crippen LogP contribution in [0.15, 0.2) is 30.7 Å². The smallest absolute Gasteiger partial charge is 0.263 e. The predicted octanol–water partition coefficient (Wildman–Crippen LogP) is 3.27. The number of hydrogen-bond donors (Lipinski definition) is 1. The SMILES string of the molecule is CCCCCNc1ccc(-n2nc3c(c2C)C(=O)N(c2cncc(F)n2)C3)cn1. The molecule has 0 saturated carbocycles. The fourth-order valence-electron chi connectivity index (χ4n) is 3.41. The Kier molecular flexibility index (Phi) is 5.20. The highest BCUT2D eigenvalue weighted by Gasteiger charge is 2.35. The number of nitrogens with one attached hydrogen (secondary N) is 1. The fraction of sp³-hybridized carbons (Fsp3) is 0.350. The Morgan fingerprint density at radius 2 is 2.07 bits per heavy atom. The number of anilines is 2. The second-order valence-corrected chi connectivity index (χ2v) is 6.95. The average molecular weight is 395 g/mol. The van der Waals surface area contributed by atoms with E-state index in [9.17, 15) is 9.18 Å². The summed E-state index contributed by atoms with van der Waals surface area (Å²) in [5, 5.41) is 7.88. The molecule has 4 rings (SSSR count). The molecule has 29 heavy (non-hydrogen) atoms. The molecule has 1 N–H and O–H groups in total. The van der Waals surface area contributed by atoms with E-state index in [1.807, 2.05) is 19.1 Å². The van der Waals surface area contributed by atoms with Gasteiger partial charge in [-0.3, -0.25) is 14.7 Å². The lowest BCUT2D eigenvalue weighted by Crippen LogP contribution is -2.26. The molecule has 0 aromatic carbocycles. The van der Waals surface area contributed by atoms with Crippen molar-refractivity contribution in [3.63, 3.8) is 0 Å². The second kappa shape index (κ2) is 7.94. The van der Waals surface area contributed by atoms with Gasteiger partial charge >= 0.3 is 0 Å². The Morgan fingerprint density at radius 3 is 2.76 bits per heavy atom. The zero-order valence-corrected chi connectivity index (χ0v) is 16.4. The van der Waals surface area contributed by atoms with Gasteiger partial charge in [0.15, 0.2) is 5.82 Å². The van der Waals surface area contributed by atoms with Crippen LogP contribution in [0.3, 0.4) is 0 Å². The molecule has 0 aliphatic carbocycles. The Balaban J connectivity index is 1.52. The van der Waals surface area contributed by atoms with Crippen molar-refractivity contribution in [2.45, 2.75) is 39.7 Å². The number of nitrogens with zero attached hydrogens (tertiary/aromatic N) is 6. The van der Waals surface area contributed by atoms with Crippen molar-refractivity contribution in [3.05, 3.63) is 53.6 Å². The first kappa shape index (κ1) is 19.0. The van der Waals surface area contributed by atoms with Crippen molar-refractivity contribution < 1.29 is 9.18 Å². The van der Waals surface area contributed by atoms with Crippen molar-refractivity contribution in [3.8, 4) is 5.69 Å². The molecule has 1 amide bonds. The molecule has 0 atom stereocenters. The van der Waals surface area contributed by atoms with Gasteiger partial charge in [0.1, 0.15) is 5.82 Å². The third-order valence-electron chi connectivity index (χ3n) is 4.90. The lowest BCUT2D eigenvalue weighted by molar-refractivity contribution is 0.0994. The van der Waals surface area contributed by atoms with Crippen molar-refractivity contribution in [1.29, 1.82) is 0 Å². The van der Waals surface area contributed by atoms with Crippen LogP contribution in [-0.2, 0) is 6.54 Å². The van der Waals surface area contributed by atoms with E-state index in [1.54, 1.807) is 10.9 Å². The fourth-order valence-corrected chi connectivity index (χ4v) is 3.41. The number of carbonyl (C=O) groups excluding carboxylic acids is 1. The van der Waals surface area contributed by atoms with Crippen molar-refractivity contribution in [2.24, 2.45) is 0 Å². The molecule has 3 aromatic heterocycles. The van der Waals surface area contributed by atoms with E-state index >= 15 is 0 Å². The zero-order valence-electron chi connectivity index (χ0n) is 16.4. The number of halogens is 1. The molecule has 3 aromatic rings. The number of aromatic nitrogens is 5. The van der Waals surface area contributed by atoms with E-state index in [2.05, 4.69) is 32.3 Å². The normalized spacial score (nSPS) is 13.1. The molecule has 150 valence electrons. The number of fused-ring (bicyclic) bond motifs is 1. The molecule has 0 spiro atoms. The number of pyridine rings is 1. The molecule has 9 heteroatoms. The van der Waals surface area contributed by atoms with Gasteiger partial charge in [-0.2, -0.15) is 14.5 Å². The summed E-state index contributed by atoms with van der Waals surface area (Å²) in [6.45, 7) is 5.13. The van der Waals surface area contributed by atoms with Crippen LogP contribution in [0, 0.1) is 12.9 Å². The maximum Gasteiger partial charge on any atom is 0.263 e. The summed E-state index contributed by atoms with van der Waals surface area (Å²) in [7, 11) is 0. The summed E-state index contributed by atoms with van der Waals surface area (Å²) in [5.41, 5.74) is 2.63. The van der Waals surface area contributed by atoms with Crippen LogP contribution in [0.4, 0.5) is 16.0 Å². The third-order valence-corrected chi connectivity index (χ3v) is 4.90. The quantitative estimate of drug-likeness (QED) is 0.618. The lowest BCUT2D eigenvalue weighted by Gasteiger charge is -2.15. The minimum atomic E-state index is -0.726. The first-order valence-electron chi connectivity index (χ1n) is 9.66. The zero-order chi connectivity index (χ0) is 20.4. The van der Waals surface area contributed by atoms with E-state index in [0.717, 1.165) is 30.7 Å². The number of rotatable bonds is 7. The lowest BCUT2D eigenvalue weighted by atomic mass is 10.2. The minimum Gasteiger partial charge on any atom is -0.370 e. The summed E-state index contributed by atoms with van der Waals surface area (Å²) in [4.78, 5) is 26.2. The Labute approximate surface area is 167 Å². The van der Waals surface area contributed by atoms with E-state index in [4.69, 9.17) is 0 Å². The predicted molar refractivity (Wildman–Crippen MR) is 107 cm³/mol. The molecule has 0 bridgehead atoms. The standard InChI is InChI=1S/C20H22FN7O/c1-3-4-5-8-23-17-7-6-14(9-24-17)28-13(2)19-15(26-28)12-27(20(19)29)18-11-22-10-16(21)25-18/h6-7,9-11H,3-5,8,12H2,1-2H3,(H,23,24). The highest BCUT2D eigenvalue weighted by atomic mass is 19.1. The maximum absolute atomic E-state index is 13.4. The molecule has 1 aliphatic rings. The highest BCUT2D eigenvalue weighted by molar-refractivity contribution is 6.10. The van der Waals surface area contributed by atoms with Gasteiger partial charge in [0.05, 0.1) is 47.8 Å². The van der Waals surface area contributed by atoms with Crippen molar-refractivity contribution in [1.82, 2.24) is 24.7 Å². The molecule has 0 unspecified atom stereocenters. The molecule has 0 fully saturated rings. The van der Waals surface area contributed by atoms with Gasteiger partial charge in [0.25, 0.3) is 5.91 Å². The monoisotopic (exact) mass is 395 g/mol. The van der Waals surface area contributed by atoms with Crippen LogP contribution in [0.1, 0.15) is 47.9 Å². The maximum atomic E-state index is 13.4. The van der Waals surface area contributed by atoms with E-state index in [-0.39, 0.29) is 18.3 Å². The molecule has 8 nitrogen and oxygen atoms in total. The van der Waals surface area contributed by atoms with Crippen LogP contribution >= 0.6 is 0 Å². The van der Waals surface area contributed by atoms with E-state index in [0.29, 0.717) is 17.0 Å². The van der Waals surface area contributed by atoms with Gasteiger partial charge in [-0.05, 0) is 25.5 Å². The topological polar surface area (TPSA) is 88.8 Å². The summed E-state index contributed by atoms with van der Waals surface area (Å²) in [5.74, 6) is 0.00941. The number of carbonyl (C=O) groups is 1. The van der Waals surface area contributed by atoms with Crippen LogP contribution in [0.2, 0.25) is 0 Å². The Hall–Kier alpha value is -3.36. The van der Waals surface area contributed by atoms with Gasteiger partial charge in [0, 0.05) is 6.54 Å². The van der Waals surface area contributed by atoms with E-state index < -0.39 is 5.95 Å².